The number of nitrogens with one attached hydrogen (secondary N) is 1. The topological polar surface area (TPSA) is 64.4 Å². The first-order valence-electron chi connectivity index (χ1n) is 3.89. The van der Waals surface area contributed by atoms with Gasteiger partial charge in [0.1, 0.15) is 12.4 Å². The first-order valence-corrected chi connectivity index (χ1v) is 3.89. The smallest absolute Gasteiger partial charge is 0.246 e. The molecule has 13 heavy (non-hydrogen) atoms. The van der Waals surface area contributed by atoms with E-state index < -0.39 is 0 Å². The zero-order valence-electron chi connectivity index (χ0n) is 7.66. The number of oxazole rings is 1. The summed E-state index contributed by atoms with van der Waals surface area (Å²) in [5.41, 5.74) is 0. The first kappa shape index (κ1) is 9.73. The van der Waals surface area contributed by atoms with Crippen LogP contribution in [-0.4, -0.2) is 24.6 Å². The second-order valence-corrected chi connectivity index (χ2v) is 2.57. The van der Waals surface area contributed by atoms with Gasteiger partial charge in [-0.2, -0.15) is 0 Å². The van der Waals surface area contributed by atoms with Crippen molar-refractivity contribution in [1.82, 2.24) is 10.3 Å². The van der Waals surface area contributed by atoms with Gasteiger partial charge in [0.25, 0.3) is 0 Å². The predicted octanol–water partition coefficient (Wildman–Crippen LogP) is 0.246. The molecule has 0 spiro atoms. The lowest BCUT2D eigenvalue weighted by Crippen LogP contribution is -2.26. The van der Waals surface area contributed by atoms with Gasteiger partial charge in [-0.05, 0) is 6.92 Å². The van der Waals surface area contributed by atoms with Gasteiger partial charge in [0, 0.05) is 7.11 Å². The average Bonchev–Trinajstić information content (AvgIpc) is 2.49. The van der Waals surface area contributed by atoms with E-state index in [-0.39, 0.29) is 12.5 Å². The summed E-state index contributed by atoms with van der Waals surface area (Å²) in [6.45, 7) is 2.16. The van der Waals surface area contributed by atoms with Crippen LogP contribution in [0.1, 0.15) is 11.7 Å². The fourth-order valence-electron chi connectivity index (χ4n) is 0.839. The molecule has 0 radical (unpaired) electrons. The van der Waals surface area contributed by atoms with E-state index in [1.54, 1.807) is 13.1 Å². The molecule has 0 bridgehead atoms. The molecule has 0 aliphatic rings. The van der Waals surface area contributed by atoms with Crippen molar-refractivity contribution in [2.24, 2.45) is 0 Å². The number of hydrogen-bond acceptors (Lipinski definition) is 4. The molecule has 0 saturated carbocycles. The van der Waals surface area contributed by atoms with Gasteiger partial charge in [-0.25, -0.2) is 4.98 Å². The van der Waals surface area contributed by atoms with E-state index >= 15 is 0 Å². The largest absolute Gasteiger partial charge is 0.444 e. The Kier molecular flexibility index (Phi) is 3.45. The molecule has 0 aromatic carbocycles. The Morgan fingerprint density at radius 3 is 3.08 bits per heavy atom. The number of methoxy groups -OCH3 is 1. The second-order valence-electron chi connectivity index (χ2n) is 2.57. The van der Waals surface area contributed by atoms with Crippen molar-refractivity contribution in [2.45, 2.75) is 13.5 Å². The molecule has 0 atom stereocenters. The molecule has 5 heteroatoms. The van der Waals surface area contributed by atoms with Crippen molar-refractivity contribution in [2.75, 3.05) is 13.7 Å². The van der Waals surface area contributed by atoms with E-state index in [9.17, 15) is 4.79 Å². The van der Waals surface area contributed by atoms with E-state index in [4.69, 9.17) is 4.42 Å². The first-order chi connectivity index (χ1) is 6.22. The van der Waals surface area contributed by atoms with Gasteiger partial charge in [0.2, 0.25) is 11.8 Å². The molecule has 0 unspecified atom stereocenters. The molecule has 1 rings (SSSR count). The highest BCUT2D eigenvalue weighted by Gasteiger charge is 2.03. The van der Waals surface area contributed by atoms with Crippen molar-refractivity contribution < 1.29 is 13.9 Å². The fraction of sp³-hybridized carbons (Fsp3) is 0.500. The summed E-state index contributed by atoms with van der Waals surface area (Å²) >= 11 is 0. The van der Waals surface area contributed by atoms with Crippen LogP contribution in [0.3, 0.4) is 0 Å². The molecule has 1 N–H and O–H groups in total. The van der Waals surface area contributed by atoms with Crippen LogP contribution in [0.25, 0.3) is 0 Å². The van der Waals surface area contributed by atoms with Crippen molar-refractivity contribution in [3.63, 3.8) is 0 Å². The van der Waals surface area contributed by atoms with Crippen molar-refractivity contribution >= 4 is 5.91 Å². The van der Waals surface area contributed by atoms with Crippen molar-refractivity contribution in [3.8, 4) is 0 Å². The monoisotopic (exact) mass is 184 g/mol. The van der Waals surface area contributed by atoms with Gasteiger partial charge in [0.05, 0.1) is 12.7 Å². The zero-order chi connectivity index (χ0) is 9.68. The predicted molar refractivity (Wildman–Crippen MR) is 45.0 cm³/mol. The SMILES string of the molecule is COCC(=O)NCc1ncc(C)o1. The maximum atomic E-state index is 10.9. The number of aryl methyl sites for hydroxylation is 1. The molecule has 1 amide bonds. The Labute approximate surface area is 76.1 Å². The normalized spacial score (nSPS) is 10.0. The molecular formula is C8H12N2O3. The van der Waals surface area contributed by atoms with Crippen LogP contribution >= 0.6 is 0 Å². The number of carbonyl (C=O) groups is 1. The van der Waals surface area contributed by atoms with Gasteiger partial charge < -0.3 is 14.5 Å². The molecular weight excluding hydrogens is 172 g/mol. The van der Waals surface area contributed by atoms with E-state index in [1.807, 2.05) is 0 Å². The van der Waals surface area contributed by atoms with Gasteiger partial charge >= 0.3 is 0 Å². The fourth-order valence-corrected chi connectivity index (χ4v) is 0.839. The maximum Gasteiger partial charge on any atom is 0.246 e. The quantitative estimate of drug-likeness (QED) is 0.728. The summed E-state index contributed by atoms with van der Waals surface area (Å²) < 4.78 is 9.78. The highest BCUT2D eigenvalue weighted by molar-refractivity contribution is 5.76. The highest BCUT2D eigenvalue weighted by Crippen LogP contribution is 2.00. The second kappa shape index (κ2) is 4.61. The Bertz CT molecular complexity index is 283. The number of nitrogens with zero attached hydrogens (tertiary/aromatic N) is 1. The van der Waals surface area contributed by atoms with E-state index in [0.29, 0.717) is 12.4 Å². The minimum absolute atomic E-state index is 0.0552. The molecule has 1 aromatic heterocycles. The van der Waals surface area contributed by atoms with Crippen LogP contribution < -0.4 is 5.32 Å². The van der Waals surface area contributed by atoms with E-state index in [1.165, 1.54) is 7.11 Å². The molecule has 0 aliphatic heterocycles. The number of aromatic nitrogens is 1. The minimum atomic E-state index is -0.182. The van der Waals surface area contributed by atoms with Crippen molar-refractivity contribution in [1.29, 1.82) is 0 Å². The van der Waals surface area contributed by atoms with Crippen molar-refractivity contribution in [3.05, 3.63) is 17.8 Å². The van der Waals surface area contributed by atoms with Crippen LogP contribution in [0, 0.1) is 6.92 Å². The molecule has 1 heterocycles. The Morgan fingerprint density at radius 1 is 1.77 bits per heavy atom. The standard InChI is InChI=1S/C8H12N2O3/c1-6-3-10-8(13-6)4-9-7(11)5-12-2/h3H,4-5H2,1-2H3,(H,9,11). The number of amides is 1. The maximum absolute atomic E-state index is 10.9. The molecule has 1 aromatic rings. The number of rotatable bonds is 4. The summed E-state index contributed by atoms with van der Waals surface area (Å²) in [5, 5.41) is 2.59. The summed E-state index contributed by atoms with van der Waals surface area (Å²) in [5.74, 6) is 1.05. The van der Waals surface area contributed by atoms with E-state index in [0.717, 1.165) is 5.76 Å². The summed E-state index contributed by atoms with van der Waals surface area (Å²) in [6, 6.07) is 0. The molecule has 5 nitrogen and oxygen atoms in total. The third kappa shape index (κ3) is 3.25. The summed E-state index contributed by atoms with van der Waals surface area (Å²) in [4.78, 5) is 14.8. The van der Waals surface area contributed by atoms with Crippen LogP contribution in [0.15, 0.2) is 10.6 Å². The lowest BCUT2D eigenvalue weighted by atomic mass is 10.5. The summed E-state index contributed by atoms with van der Waals surface area (Å²) in [6.07, 6.45) is 1.61. The van der Waals surface area contributed by atoms with Gasteiger partial charge in [-0.1, -0.05) is 0 Å². The average molecular weight is 184 g/mol. The minimum Gasteiger partial charge on any atom is -0.444 e. The summed E-state index contributed by atoms with van der Waals surface area (Å²) in [7, 11) is 1.47. The zero-order valence-corrected chi connectivity index (χ0v) is 7.66. The number of ether oxygens (including phenoxy) is 1. The van der Waals surface area contributed by atoms with Gasteiger partial charge in [-0.3, -0.25) is 4.79 Å². The molecule has 0 aliphatic carbocycles. The molecule has 0 saturated heterocycles. The third-order valence-corrected chi connectivity index (χ3v) is 1.38. The third-order valence-electron chi connectivity index (χ3n) is 1.38. The van der Waals surface area contributed by atoms with Crippen LogP contribution in [0.4, 0.5) is 0 Å². The van der Waals surface area contributed by atoms with Crippen LogP contribution in [0.2, 0.25) is 0 Å². The Hall–Kier alpha value is -1.36. The highest BCUT2D eigenvalue weighted by atomic mass is 16.5. The lowest BCUT2D eigenvalue weighted by molar-refractivity contribution is -0.125. The Morgan fingerprint density at radius 2 is 2.54 bits per heavy atom. The van der Waals surface area contributed by atoms with Crippen LogP contribution in [0.5, 0.6) is 0 Å². The molecule has 72 valence electrons. The molecule has 0 fully saturated rings. The Balaban J connectivity index is 2.30. The number of carbonyl (C=O) groups excluding carboxylic acids is 1. The van der Waals surface area contributed by atoms with Gasteiger partial charge in [0.15, 0.2) is 0 Å². The van der Waals surface area contributed by atoms with Gasteiger partial charge in [-0.15, -0.1) is 0 Å². The number of hydrogen-bond donors (Lipinski definition) is 1. The van der Waals surface area contributed by atoms with Crippen LogP contribution in [-0.2, 0) is 16.1 Å². The van der Waals surface area contributed by atoms with E-state index in [2.05, 4.69) is 15.0 Å². The lowest BCUT2D eigenvalue weighted by Gasteiger charge is -2.00.